The van der Waals surface area contributed by atoms with E-state index in [1.54, 1.807) is 24.1 Å². The van der Waals surface area contributed by atoms with Crippen LogP contribution in [0.15, 0.2) is 48.5 Å². The zero-order valence-electron chi connectivity index (χ0n) is 17.1. The van der Waals surface area contributed by atoms with E-state index < -0.39 is 5.60 Å². The van der Waals surface area contributed by atoms with E-state index in [1.807, 2.05) is 38.1 Å². The van der Waals surface area contributed by atoms with Crippen LogP contribution in [0.25, 0.3) is 11.1 Å². The van der Waals surface area contributed by atoms with Crippen molar-refractivity contribution in [3.8, 4) is 11.1 Å². The van der Waals surface area contributed by atoms with Crippen molar-refractivity contribution in [2.75, 3.05) is 26.7 Å². The molecule has 0 bridgehead atoms. The normalized spacial score (nSPS) is 19.3. The SMILES string of the molecule is CNC(=O)C1(Cc2ccccc2-c2ccc(F)cc2)CN(C(=O)C(C)C)CCO1. The van der Waals surface area contributed by atoms with Crippen molar-refractivity contribution in [1.29, 1.82) is 0 Å². The van der Waals surface area contributed by atoms with Gasteiger partial charge in [-0.05, 0) is 28.8 Å². The molecule has 1 atom stereocenters. The molecule has 0 saturated carbocycles. The molecular weight excluding hydrogens is 371 g/mol. The quantitative estimate of drug-likeness (QED) is 0.842. The van der Waals surface area contributed by atoms with Crippen molar-refractivity contribution in [1.82, 2.24) is 10.2 Å². The topological polar surface area (TPSA) is 58.6 Å². The Labute approximate surface area is 170 Å². The number of nitrogens with one attached hydrogen (secondary N) is 1. The summed E-state index contributed by atoms with van der Waals surface area (Å²) in [6.45, 7) is 4.66. The van der Waals surface area contributed by atoms with Crippen LogP contribution in [0.3, 0.4) is 0 Å². The second kappa shape index (κ2) is 8.74. The number of hydrogen-bond acceptors (Lipinski definition) is 3. The number of carbonyl (C=O) groups excluding carboxylic acids is 2. The molecule has 3 rings (SSSR count). The fraction of sp³-hybridized carbons (Fsp3) is 0.391. The maximum absolute atomic E-state index is 13.4. The third-order valence-corrected chi connectivity index (χ3v) is 5.28. The summed E-state index contributed by atoms with van der Waals surface area (Å²) in [4.78, 5) is 27.2. The van der Waals surface area contributed by atoms with E-state index >= 15 is 0 Å². The van der Waals surface area contributed by atoms with Gasteiger partial charge in [0.25, 0.3) is 5.91 Å². The highest BCUT2D eigenvalue weighted by molar-refractivity contribution is 5.88. The van der Waals surface area contributed by atoms with E-state index in [0.717, 1.165) is 16.7 Å². The molecule has 1 aliphatic heterocycles. The monoisotopic (exact) mass is 398 g/mol. The highest BCUT2D eigenvalue weighted by atomic mass is 19.1. The molecule has 2 aromatic carbocycles. The second-order valence-corrected chi connectivity index (χ2v) is 7.68. The molecule has 1 heterocycles. The van der Waals surface area contributed by atoms with Gasteiger partial charge in [0, 0.05) is 25.9 Å². The van der Waals surface area contributed by atoms with Crippen molar-refractivity contribution in [2.24, 2.45) is 5.92 Å². The van der Waals surface area contributed by atoms with Crippen molar-refractivity contribution in [3.63, 3.8) is 0 Å². The standard InChI is InChI=1S/C23H27FN2O3/c1-16(2)21(27)26-12-13-29-23(15-26,22(28)25-3)14-18-6-4-5-7-20(18)17-8-10-19(24)11-9-17/h4-11,16H,12-15H2,1-3H3,(H,25,28). The van der Waals surface area contributed by atoms with Crippen LogP contribution in [0.2, 0.25) is 0 Å². The number of nitrogens with zero attached hydrogens (tertiary/aromatic N) is 1. The Balaban J connectivity index is 1.97. The summed E-state index contributed by atoms with van der Waals surface area (Å²) in [5.74, 6) is -0.699. The Kier molecular flexibility index (Phi) is 6.33. The first-order chi connectivity index (χ1) is 13.9. The highest BCUT2D eigenvalue weighted by Gasteiger charge is 2.45. The lowest BCUT2D eigenvalue weighted by Gasteiger charge is -2.42. The molecule has 5 nitrogen and oxygen atoms in total. The highest BCUT2D eigenvalue weighted by Crippen LogP contribution is 2.31. The van der Waals surface area contributed by atoms with Gasteiger partial charge in [-0.15, -0.1) is 0 Å². The fourth-order valence-corrected chi connectivity index (χ4v) is 3.78. The average molecular weight is 398 g/mol. The molecule has 1 fully saturated rings. The van der Waals surface area contributed by atoms with E-state index in [1.165, 1.54) is 12.1 Å². The molecule has 154 valence electrons. The molecule has 1 saturated heterocycles. The minimum atomic E-state index is -1.17. The van der Waals surface area contributed by atoms with Gasteiger partial charge in [-0.25, -0.2) is 4.39 Å². The number of carbonyl (C=O) groups is 2. The number of rotatable bonds is 5. The van der Waals surface area contributed by atoms with Crippen LogP contribution < -0.4 is 5.32 Å². The summed E-state index contributed by atoms with van der Waals surface area (Å²) >= 11 is 0. The number of benzene rings is 2. The molecule has 1 N–H and O–H groups in total. The maximum Gasteiger partial charge on any atom is 0.254 e. The zero-order chi connectivity index (χ0) is 21.0. The predicted octanol–water partition coefficient (Wildman–Crippen LogP) is 3.03. The van der Waals surface area contributed by atoms with Crippen molar-refractivity contribution in [3.05, 3.63) is 59.9 Å². The predicted molar refractivity (Wildman–Crippen MR) is 110 cm³/mol. The van der Waals surface area contributed by atoms with Gasteiger partial charge < -0.3 is 15.0 Å². The number of likely N-dealkylation sites (N-methyl/N-ethyl adjacent to an activating group) is 1. The molecular formula is C23H27FN2O3. The Bertz CT molecular complexity index is 882. The van der Waals surface area contributed by atoms with Gasteiger partial charge in [0.1, 0.15) is 5.82 Å². The molecule has 6 heteroatoms. The van der Waals surface area contributed by atoms with Crippen LogP contribution in [0.1, 0.15) is 19.4 Å². The van der Waals surface area contributed by atoms with Crippen LogP contribution in [0.4, 0.5) is 4.39 Å². The van der Waals surface area contributed by atoms with Crippen LogP contribution in [-0.2, 0) is 20.7 Å². The molecule has 2 amide bonds. The molecule has 0 radical (unpaired) electrons. The summed E-state index contributed by atoms with van der Waals surface area (Å²) in [5, 5.41) is 2.70. The van der Waals surface area contributed by atoms with E-state index in [9.17, 15) is 14.0 Å². The molecule has 1 aliphatic rings. The van der Waals surface area contributed by atoms with Crippen molar-refractivity contribution in [2.45, 2.75) is 25.9 Å². The van der Waals surface area contributed by atoms with E-state index in [-0.39, 0.29) is 30.1 Å². The maximum atomic E-state index is 13.4. The first-order valence-corrected chi connectivity index (χ1v) is 9.85. The van der Waals surface area contributed by atoms with Crippen molar-refractivity contribution < 1.29 is 18.7 Å². The summed E-state index contributed by atoms with van der Waals surface area (Å²) < 4.78 is 19.4. The number of amides is 2. The van der Waals surface area contributed by atoms with Crippen LogP contribution in [0.5, 0.6) is 0 Å². The Morgan fingerprint density at radius 1 is 1.17 bits per heavy atom. The first kappa shape index (κ1) is 21.0. The van der Waals surface area contributed by atoms with Gasteiger partial charge in [0.15, 0.2) is 5.60 Å². The zero-order valence-corrected chi connectivity index (χ0v) is 17.1. The van der Waals surface area contributed by atoms with E-state index in [4.69, 9.17) is 4.74 Å². The Morgan fingerprint density at radius 3 is 2.52 bits per heavy atom. The number of halogens is 1. The van der Waals surface area contributed by atoms with Gasteiger partial charge in [0.05, 0.1) is 13.2 Å². The van der Waals surface area contributed by atoms with Crippen LogP contribution in [-0.4, -0.2) is 49.1 Å². The van der Waals surface area contributed by atoms with Crippen molar-refractivity contribution >= 4 is 11.8 Å². The number of ether oxygens (including phenoxy) is 1. The summed E-state index contributed by atoms with van der Waals surface area (Å²) in [7, 11) is 1.57. The molecule has 1 unspecified atom stereocenters. The Hall–Kier alpha value is -2.73. The lowest BCUT2D eigenvalue weighted by molar-refractivity contribution is -0.167. The lowest BCUT2D eigenvalue weighted by Crippen LogP contribution is -2.62. The summed E-state index contributed by atoms with van der Waals surface area (Å²) in [6, 6.07) is 14.0. The minimum absolute atomic E-state index is 0.00778. The van der Waals surface area contributed by atoms with Gasteiger partial charge in [-0.1, -0.05) is 50.2 Å². The third-order valence-electron chi connectivity index (χ3n) is 5.28. The molecule has 0 aromatic heterocycles. The largest absolute Gasteiger partial charge is 0.361 e. The van der Waals surface area contributed by atoms with E-state index in [2.05, 4.69) is 5.32 Å². The van der Waals surface area contributed by atoms with Crippen LogP contribution >= 0.6 is 0 Å². The summed E-state index contributed by atoms with van der Waals surface area (Å²) in [6.07, 6.45) is 0.308. The average Bonchev–Trinajstić information content (AvgIpc) is 2.73. The molecule has 2 aromatic rings. The minimum Gasteiger partial charge on any atom is -0.361 e. The number of morpholine rings is 1. The second-order valence-electron chi connectivity index (χ2n) is 7.68. The third kappa shape index (κ3) is 4.48. The molecule has 29 heavy (non-hydrogen) atoms. The Morgan fingerprint density at radius 2 is 1.86 bits per heavy atom. The lowest BCUT2D eigenvalue weighted by atomic mass is 9.87. The first-order valence-electron chi connectivity index (χ1n) is 9.85. The molecule has 0 aliphatic carbocycles. The van der Waals surface area contributed by atoms with Gasteiger partial charge in [-0.3, -0.25) is 9.59 Å². The van der Waals surface area contributed by atoms with Gasteiger partial charge in [0.2, 0.25) is 5.91 Å². The smallest absolute Gasteiger partial charge is 0.254 e. The summed E-state index contributed by atoms with van der Waals surface area (Å²) in [5.41, 5.74) is 1.50. The van der Waals surface area contributed by atoms with E-state index in [0.29, 0.717) is 19.6 Å². The van der Waals surface area contributed by atoms with Crippen LogP contribution in [0, 0.1) is 11.7 Å². The fourth-order valence-electron chi connectivity index (χ4n) is 3.78. The van der Waals surface area contributed by atoms with Gasteiger partial charge in [-0.2, -0.15) is 0 Å². The molecule has 0 spiro atoms. The van der Waals surface area contributed by atoms with Gasteiger partial charge >= 0.3 is 0 Å². The number of hydrogen-bond donors (Lipinski definition) is 1.